The molecule has 0 aliphatic rings. The molecule has 0 fully saturated rings. The molecule has 0 aliphatic carbocycles. The number of aliphatic hydroxyl groups is 1. The van der Waals surface area contributed by atoms with Crippen molar-refractivity contribution in [1.82, 2.24) is 5.32 Å². The molecule has 0 spiro atoms. The van der Waals surface area contributed by atoms with E-state index in [4.69, 9.17) is 4.74 Å². The summed E-state index contributed by atoms with van der Waals surface area (Å²) in [4.78, 5) is 25.4. The van der Waals surface area contributed by atoms with Crippen LogP contribution < -0.4 is 10.0 Å². The van der Waals surface area contributed by atoms with Crippen LogP contribution in [-0.4, -0.2) is 44.2 Å². The topological polar surface area (TPSA) is 122 Å². The standard InChI is InChI=1S/C29H28N2O6S/c1-2-37-29(34)27(32)26(17-20-9-4-3-5-10-20)30-28(33)23-13-8-14-24(18-23)31-38(35,36)25-16-15-21-11-6-7-12-22(21)19-25/h3-16,18-19,26-27,31-32H,2,17H2,1H3,(H,30,33)/t26?,27-/m0/s1. The Kier molecular flexibility index (Phi) is 8.40. The number of ether oxygens (including phenoxy) is 1. The SMILES string of the molecule is CCOC(=O)[C@@H](O)C(Cc1ccccc1)NC(=O)c1cccc(NS(=O)(=O)c2ccc3ccccc3c2)c1. The Bertz CT molecular complexity index is 1540. The highest BCUT2D eigenvalue weighted by atomic mass is 32.2. The van der Waals surface area contributed by atoms with Crippen molar-refractivity contribution in [2.45, 2.75) is 30.4 Å². The summed E-state index contributed by atoms with van der Waals surface area (Å²) >= 11 is 0. The van der Waals surface area contributed by atoms with Crippen LogP contribution in [0.1, 0.15) is 22.8 Å². The molecule has 0 heterocycles. The molecule has 1 amide bonds. The number of benzene rings is 4. The normalized spacial score (nSPS) is 12.9. The molecule has 0 aromatic heterocycles. The predicted octanol–water partition coefficient (Wildman–Crippen LogP) is 3.91. The minimum absolute atomic E-state index is 0.0846. The van der Waals surface area contributed by atoms with Gasteiger partial charge in [0.05, 0.1) is 17.5 Å². The maximum atomic E-state index is 13.1. The van der Waals surface area contributed by atoms with E-state index in [0.717, 1.165) is 16.3 Å². The number of hydrogen-bond acceptors (Lipinski definition) is 6. The van der Waals surface area contributed by atoms with E-state index in [2.05, 4.69) is 10.0 Å². The summed E-state index contributed by atoms with van der Waals surface area (Å²) in [6.45, 7) is 1.71. The van der Waals surface area contributed by atoms with E-state index in [1.54, 1.807) is 25.1 Å². The van der Waals surface area contributed by atoms with Crippen LogP contribution >= 0.6 is 0 Å². The van der Waals surface area contributed by atoms with Gasteiger partial charge in [-0.2, -0.15) is 0 Å². The second-order valence-corrected chi connectivity index (χ2v) is 10.3. The molecule has 0 saturated heterocycles. The summed E-state index contributed by atoms with van der Waals surface area (Å²) in [5.41, 5.74) is 1.15. The fourth-order valence-electron chi connectivity index (χ4n) is 4.03. The van der Waals surface area contributed by atoms with Gasteiger partial charge < -0.3 is 15.2 Å². The van der Waals surface area contributed by atoms with E-state index < -0.39 is 34.0 Å². The third-order valence-electron chi connectivity index (χ3n) is 5.93. The van der Waals surface area contributed by atoms with Crippen molar-refractivity contribution in [3.63, 3.8) is 0 Å². The Morgan fingerprint density at radius 3 is 2.32 bits per heavy atom. The van der Waals surface area contributed by atoms with Gasteiger partial charge in [-0.25, -0.2) is 13.2 Å². The Hall–Kier alpha value is -4.21. The van der Waals surface area contributed by atoms with E-state index in [1.807, 2.05) is 54.6 Å². The number of aliphatic hydroxyl groups excluding tert-OH is 1. The van der Waals surface area contributed by atoms with Gasteiger partial charge in [-0.3, -0.25) is 9.52 Å². The third kappa shape index (κ3) is 6.56. The van der Waals surface area contributed by atoms with Crippen molar-refractivity contribution < 1.29 is 27.9 Å². The highest BCUT2D eigenvalue weighted by Gasteiger charge is 2.29. The van der Waals surface area contributed by atoms with E-state index in [1.165, 1.54) is 24.3 Å². The highest BCUT2D eigenvalue weighted by molar-refractivity contribution is 7.92. The first-order chi connectivity index (χ1) is 18.3. The zero-order valence-corrected chi connectivity index (χ0v) is 21.5. The van der Waals surface area contributed by atoms with Crippen LogP contribution in [0.3, 0.4) is 0 Å². The number of fused-ring (bicyclic) bond motifs is 1. The molecular formula is C29H28N2O6S. The first kappa shape index (κ1) is 26.8. The Balaban J connectivity index is 1.53. The molecular weight excluding hydrogens is 504 g/mol. The Labute approximate surface area is 221 Å². The van der Waals surface area contributed by atoms with Crippen molar-refractivity contribution in [1.29, 1.82) is 0 Å². The van der Waals surface area contributed by atoms with Gasteiger partial charge in [0.15, 0.2) is 6.10 Å². The minimum Gasteiger partial charge on any atom is -0.464 e. The van der Waals surface area contributed by atoms with Crippen LogP contribution in [0.25, 0.3) is 10.8 Å². The molecule has 0 bridgehead atoms. The summed E-state index contributed by atoms with van der Waals surface area (Å²) in [5, 5.41) is 15.0. The van der Waals surface area contributed by atoms with Crippen LogP contribution in [0.4, 0.5) is 5.69 Å². The van der Waals surface area contributed by atoms with Gasteiger partial charge in [0.1, 0.15) is 0 Å². The van der Waals surface area contributed by atoms with Crippen molar-refractivity contribution in [2.75, 3.05) is 11.3 Å². The molecule has 1 unspecified atom stereocenters. The lowest BCUT2D eigenvalue weighted by Crippen LogP contribution is -2.48. The second kappa shape index (κ2) is 11.9. The molecule has 0 aliphatic heterocycles. The zero-order valence-electron chi connectivity index (χ0n) is 20.7. The molecule has 0 radical (unpaired) electrons. The number of hydrogen-bond donors (Lipinski definition) is 3. The van der Waals surface area contributed by atoms with Crippen molar-refractivity contribution in [2.24, 2.45) is 0 Å². The monoisotopic (exact) mass is 532 g/mol. The van der Waals surface area contributed by atoms with E-state index in [9.17, 15) is 23.1 Å². The molecule has 4 aromatic carbocycles. The Morgan fingerprint density at radius 2 is 1.58 bits per heavy atom. The number of carbonyl (C=O) groups excluding carboxylic acids is 2. The van der Waals surface area contributed by atoms with Crippen LogP contribution in [0.15, 0.2) is 102 Å². The number of esters is 1. The van der Waals surface area contributed by atoms with Gasteiger partial charge in [0.2, 0.25) is 0 Å². The summed E-state index contributed by atoms with van der Waals surface area (Å²) in [6, 6.07) is 26.4. The molecule has 4 aromatic rings. The smallest absolute Gasteiger partial charge is 0.337 e. The average molecular weight is 533 g/mol. The minimum atomic E-state index is -3.92. The molecule has 38 heavy (non-hydrogen) atoms. The van der Waals surface area contributed by atoms with Gasteiger partial charge in [0, 0.05) is 11.3 Å². The third-order valence-corrected chi connectivity index (χ3v) is 7.31. The van der Waals surface area contributed by atoms with Gasteiger partial charge >= 0.3 is 5.97 Å². The molecule has 0 saturated carbocycles. The summed E-state index contributed by atoms with van der Waals surface area (Å²) in [6.07, 6.45) is -1.41. The number of sulfonamides is 1. The maximum absolute atomic E-state index is 13.1. The van der Waals surface area contributed by atoms with Gasteiger partial charge in [0.25, 0.3) is 15.9 Å². The number of nitrogens with one attached hydrogen (secondary N) is 2. The highest BCUT2D eigenvalue weighted by Crippen LogP contribution is 2.22. The average Bonchev–Trinajstić information content (AvgIpc) is 2.92. The van der Waals surface area contributed by atoms with E-state index in [-0.39, 0.29) is 29.2 Å². The summed E-state index contributed by atoms with van der Waals surface area (Å²) < 4.78 is 33.5. The van der Waals surface area contributed by atoms with Crippen molar-refractivity contribution in [3.05, 3.63) is 108 Å². The number of amides is 1. The molecule has 4 rings (SSSR count). The zero-order chi connectivity index (χ0) is 27.1. The lowest BCUT2D eigenvalue weighted by molar-refractivity contribution is -0.154. The van der Waals surface area contributed by atoms with Crippen molar-refractivity contribution >= 4 is 38.4 Å². The van der Waals surface area contributed by atoms with Crippen LogP contribution in [0.2, 0.25) is 0 Å². The predicted molar refractivity (Wildman–Crippen MR) is 145 cm³/mol. The summed E-state index contributed by atoms with van der Waals surface area (Å²) in [5.74, 6) is -1.42. The van der Waals surface area contributed by atoms with Gasteiger partial charge in [-0.1, -0.05) is 66.7 Å². The van der Waals surface area contributed by atoms with Crippen molar-refractivity contribution in [3.8, 4) is 0 Å². The van der Waals surface area contributed by atoms with Gasteiger partial charge in [-0.05, 0) is 60.0 Å². The lowest BCUT2D eigenvalue weighted by atomic mass is 10.0. The second-order valence-electron chi connectivity index (χ2n) is 8.66. The molecule has 2 atom stereocenters. The Morgan fingerprint density at radius 1 is 0.868 bits per heavy atom. The van der Waals surface area contributed by atoms with Crippen LogP contribution in [0.5, 0.6) is 0 Å². The first-order valence-electron chi connectivity index (χ1n) is 12.1. The molecule has 8 nitrogen and oxygen atoms in total. The van der Waals surface area contributed by atoms with Crippen LogP contribution in [0, 0.1) is 0 Å². The summed E-state index contributed by atoms with van der Waals surface area (Å²) in [7, 11) is -3.92. The maximum Gasteiger partial charge on any atom is 0.337 e. The number of rotatable bonds is 10. The quantitative estimate of drug-likeness (QED) is 0.266. The molecule has 3 N–H and O–H groups in total. The van der Waals surface area contributed by atoms with E-state index in [0.29, 0.717) is 0 Å². The fourth-order valence-corrected chi connectivity index (χ4v) is 5.11. The first-order valence-corrected chi connectivity index (χ1v) is 13.6. The number of carbonyl (C=O) groups is 2. The van der Waals surface area contributed by atoms with Gasteiger partial charge in [-0.15, -0.1) is 0 Å². The molecule has 9 heteroatoms. The van der Waals surface area contributed by atoms with E-state index >= 15 is 0 Å². The fraction of sp³-hybridized carbons (Fsp3) is 0.172. The number of anilines is 1. The van der Waals surface area contributed by atoms with Crippen LogP contribution in [-0.2, 0) is 26.0 Å². The molecule has 196 valence electrons. The lowest BCUT2D eigenvalue weighted by Gasteiger charge is -2.23. The largest absolute Gasteiger partial charge is 0.464 e.